The Bertz CT molecular complexity index is 721. The van der Waals surface area contributed by atoms with Crippen LogP contribution >= 0.6 is 11.3 Å². The lowest BCUT2D eigenvalue weighted by Crippen LogP contribution is -2.49. The van der Waals surface area contributed by atoms with Crippen molar-refractivity contribution in [3.05, 3.63) is 51.7 Å². The highest BCUT2D eigenvalue weighted by Gasteiger charge is 2.23. The van der Waals surface area contributed by atoms with Crippen molar-refractivity contribution in [3.63, 3.8) is 0 Å². The van der Waals surface area contributed by atoms with Gasteiger partial charge in [0.15, 0.2) is 0 Å². The number of hydrogen-bond acceptors (Lipinski definition) is 3. The molecule has 3 rings (SSSR count). The summed E-state index contributed by atoms with van der Waals surface area (Å²) in [5.74, 6) is 0.753. The monoisotopic (exact) mass is 385 g/mol. The summed E-state index contributed by atoms with van der Waals surface area (Å²) in [6, 6.07) is 8.57. The van der Waals surface area contributed by atoms with Gasteiger partial charge in [-0.2, -0.15) is 11.3 Å². The van der Waals surface area contributed by atoms with Crippen LogP contribution in [0.15, 0.2) is 35.0 Å². The molecule has 146 valence electrons. The molecule has 1 N–H and O–H groups in total. The molecule has 2 heterocycles. The molecule has 27 heavy (non-hydrogen) atoms. The Morgan fingerprint density at radius 1 is 1.04 bits per heavy atom. The summed E-state index contributed by atoms with van der Waals surface area (Å²) in [4.78, 5) is 17.3. The van der Waals surface area contributed by atoms with Crippen LogP contribution in [-0.4, -0.2) is 42.0 Å². The van der Waals surface area contributed by atoms with Crippen LogP contribution in [0.25, 0.3) is 0 Å². The Kier molecular flexibility index (Phi) is 6.55. The maximum Gasteiger partial charge on any atom is 0.321 e. The van der Waals surface area contributed by atoms with Crippen molar-refractivity contribution >= 4 is 23.1 Å². The fourth-order valence-corrected chi connectivity index (χ4v) is 4.29. The van der Waals surface area contributed by atoms with Gasteiger partial charge in [0.1, 0.15) is 0 Å². The zero-order valence-electron chi connectivity index (χ0n) is 16.9. The van der Waals surface area contributed by atoms with Gasteiger partial charge >= 0.3 is 6.03 Å². The fourth-order valence-electron chi connectivity index (χ4n) is 3.63. The maximum atomic E-state index is 12.9. The molecule has 1 fully saturated rings. The fraction of sp³-hybridized carbons (Fsp3) is 0.500. The van der Waals surface area contributed by atoms with Gasteiger partial charge in [-0.15, -0.1) is 0 Å². The van der Waals surface area contributed by atoms with Crippen molar-refractivity contribution < 1.29 is 4.79 Å². The lowest BCUT2D eigenvalue weighted by Gasteiger charge is -2.35. The first-order valence-electron chi connectivity index (χ1n) is 9.88. The number of anilines is 1. The van der Waals surface area contributed by atoms with Crippen LogP contribution in [0.5, 0.6) is 0 Å². The molecule has 4 nitrogen and oxygen atoms in total. The van der Waals surface area contributed by atoms with Crippen molar-refractivity contribution in [2.45, 2.75) is 46.1 Å². The van der Waals surface area contributed by atoms with E-state index in [-0.39, 0.29) is 6.03 Å². The Hall–Kier alpha value is -1.85. The van der Waals surface area contributed by atoms with E-state index in [1.54, 1.807) is 11.3 Å². The summed E-state index contributed by atoms with van der Waals surface area (Å²) < 4.78 is 0. The summed E-state index contributed by atoms with van der Waals surface area (Å²) in [5, 5.41) is 7.57. The number of urea groups is 1. The third kappa shape index (κ3) is 4.90. The zero-order chi connectivity index (χ0) is 19.4. The van der Waals surface area contributed by atoms with Crippen LogP contribution in [0, 0.1) is 0 Å². The van der Waals surface area contributed by atoms with Crippen LogP contribution in [0.4, 0.5) is 10.5 Å². The first-order chi connectivity index (χ1) is 13.0. The molecule has 0 radical (unpaired) electrons. The number of para-hydroxylation sites is 1. The average molecular weight is 386 g/mol. The van der Waals surface area contributed by atoms with E-state index in [0.29, 0.717) is 11.8 Å². The van der Waals surface area contributed by atoms with Crippen LogP contribution in [0.2, 0.25) is 0 Å². The number of thiophene rings is 1. The average Bonchev–Trinajstić information content (AvgIpc) is 3.15. The number of carbonyl (C=O) groups excluding carboxylic acids is 1. The predicted octanol–water partition coefficient (Wildman–Crippen LogP) is 5.34. The molecule has 0 bridgehead atoms. The third-order valence-electron chi connectivity index (χ3n) is 5.25. The van der Waals surface area contributed by atoms with Gasteiger partial charge in [-0.05, 0) is 45.4 Å². The second kappa shape index (κ2) is 8.89. The topological polar surface area (TPSA) is 35.6 Å². The minimum absolute atomic E-state index is 0.0279. The highest BCUT2D eigenvalue weighted by molar-refractivity contribution is 7.07. The van der Waals surface area contributed by atoms with Crippen LogP contribution in [0.3, 0.4) is 0 Å². The standard InChI is InChI=1S/C22H31N3OS/c1-16(2)19-6-5-7-20(17(3)4)21(19)23-22(26)25-11-9-24(10-12-25)14-18-8-13-27-15-18/h5-8,13,15-17H,9-12,14H2,1-4H3,(H,23,26). The van der Waals surface area contributed by atoms with E-state index >= 15 is 0 Å². The molecule has 0 atom stereocenters. The first-order valence-corrected chi connectivity index (χ1v) is 10.8. The molecule has 1 aliphatic heterocycles. The zero-order valence-corrected chi connectivity index (χ0v) is 17.7. The van der Waals surface area contributed by atoms with E-state index in [2.05, 4.69) is 72.9 Å². The van der Waals surface area contributed by atoms with Gasteiger partial charge in [-0.1, -0.05) is 45.9 Å². The molecule has 0 unspecified atom stereocenters. The van der Waals surface area contributed by atoms with E-state index in [1.165, 1.54) is 16.7 Å². The van der Waals surface area contributed by atoms with Gasteiger partial charge in [0.25, 0.3) is 0 Å². The largest absolute Gasteiger partial charge is 0.322 e. The third-order valence-corrected chi connectivity index (χ3v) is 5.98. The second-order valence-electron chi connectivity index (χ2n) is 7.95. The van der Waals surface area contributed by atoms with Gasteiger partial charge < -0.3 is 10.2 Å². The summed E-state index contributed by atoms with van der Waals surface area (Å²) >= 11 is 1.74. The van der Waals surface area contributed by atoms with E-state index in [1.807, 2.05) is 4.90 Å². The lowest BCUT2D eigenvalue weighted by molar-refractivity contribution is 0.143. The van der Waals surface area contributed by atoms with Gasteiger partial charge in [0, 0.05) is 38.4 Å². The lowest BCUT2D eigenvalue weighted by atomic mass is 9.93. The Balaban J connectivity index is 1.64. The number of amides is 2. The van der Waals surface area contributed by atoms with Gasteiger partial charge in [-0.3, -0.25) is 4.90 Å². The van der Waals surface area contributed by atoms with Gasteiger partial charge in [0.05, 0.1) is 0 Å². The minimum Gasteiger partial charge on any atom is -0.322 e. The molecule has 2 amide bonds. The quantitative estimate of drug-likeness (QED) is 0.753. The van der Waals surface area contributed by atoms with E-state index in [9.17, 15) is 4.79 Å². The highest BCUT2D eigenvalue weighted by atomic mass is 32.1. The molecule has 1 saturated heterocycles. The number of benzene rings is 1. The molecule has 0 spiro atoms. The van der Waals surface area contributed by atoms with Gasteiger partial charge in [-0.25, -0.2) is 4.79 Å². The van der Waals surface area contributed by atoms with E-state index < -0.39 is 0 Å². The molecule has 0 saturated carbocycles. The minimum atomic E-state index is 0.0279. The van der Waals surface area contributed by atoms with Crippen LogP contribution < -0.4 is 5.32 Å². The van der Waals surface area contributed by atoms with Crippen molar-refractivity contribution in [2.75, 3.05) is 31.5 Å². The Morgan fingerprint density at radius 3 is 2.19 bits per heavy atom. The van der Waals surface area contributed by atoms with Crippen LogP contribution in [-0.2, 0) is 6.54 Å². The smallest absolute Gasteiger partial charge is 0.321 e. The number of nitrogens with one attached hydrogen (secondary N) is 1. The number of carbonyl (C=O) groups is 1. The molecule has 1 aliphatic rings. The molecule has 0 aliphatic carbocycles. The second-order valence-corrected chi connectivity index (χ2v) is 8.73. The molecule has 2 aromatic rings. The summed E-state index contributed by atoms with van der Waals surface area (Å²) in [7, 11) is 0. The molecular formula is C22H31N3OS. The predicted molar refractivity (Wildman–Crippen MR) is 115 cm³/mol. The molecule has 5 heteroatoms. The molecular weight excluding hydrogens is 354 g/mol. The normalized spacial score (nSPS) is 15.6. The van der Waals surface area contributed by atoms with Crippen molar-refractivity contribution in [1.82, 2.24) is 9.80 Å². The van der Waals surface area contributed by atoms with Crippen molar-refractivity contribution in [1.29, 1.82) is 0 Å². The Morgan fingerprint density at radius 2 is 1.67 bits per heavy atom. The SMILES string of the molecule is CC(C)c1cccc(C(C)C)c1NC(=O)N1CCN(Cc2ccsc2)CC1. The van der Waals surface area contributed by atoms with Crippen molar-refractivity contribution in [2.24, 2.45) is 0 Å². The first kappa shape index (κ1) is 19.9. The molecule has 1 aromatic carbocycles. The van der Waals surface area contributed by atoms with Gasteiger partial charge in [0.2, 0.25) is 0 Å². The maximum absolute atomic E-state index is 12.9. The summed E-state index contributed by atoms with van der Waals surface area (Å²) in [6.45, 7) is 13.1. The van der Waals surface area contributed by atoms with E-state index in [0.717, 1.165) is 38.4 Å². The van der Waals surface area contributed by atoms with Crippen LogP contribution in [0.1, 0.15) is 56.2 Å². The summed E-state index contributed by atoms with van der Waals surface area (Å²) in [5.41, 5.74) is 4.80. The Labute approximate surface area is 167 Å². The summed E-state index contributed by atoms with van der Waals surface area (Å²) in [6.07, 6.45) is 0. The highest BCUT2D eigenvalue weighted by Crippen LogP contribution is 2.32. The van der Waals surface area contributed by atoms with E-state index in [4.69, 9.17) is 0 Å². The van der Waals surface area contributed by atoms with Crippen molar-refractivity contribution in [3.8, 4) is 0 Å². The molecule has 1 aromatic heterocycles. The number of hydrogen-bond donors (Lipinski definition) is 1. The number of piperazine rings is 1. The number of rotatable bonds is 5. The number of nitrogens with zero attached hydrogens (tertiary/aromatic N) is 2.